The Labute approximate surface area is 85.7 Å². The number of hydrogen-bond donors (Lipinski definition) is 2. The second kappa shape index (κ2) is 6.02. The van der Waals surface area contributed by atoms with Crippen molar-refractivity contribution in [2.45, 2.75) is 57.4 Å². The largest absolute Gasteiger partial charge is 0.481 e. The van der Waals surface area contributed by atoms with Crippen molar-refractivity contribution in [1.29, 1.82) is 0 Å². The lowest BCUT2D eigenvalue weighted by molar-refractivity contribution is -0.137. The van der Waals surface area contributed by atoms with Crippen molar-refractivity contribution in [3.05, 3.63) is 0 Å². The highest BCUT2D eigenvalue weighted by atomic mass is 16.4. The van der Waals surface area contributed by atoms with Crippen LogP contribution in [0.15, 0.2) is 0 Å². The molecule has 2 atom stereocenters. The fourth-order valence-corrected chi connectivity index (χ4v) is 2.28. The average molecular weight is 199 g/mol. The maximum Gasteiger partial charge on any atom is 0.303 e. The predicted molar refractivity (Wildman–Crippen MR) is 56.0 cm³/mol. The third-order valence-corrected chi connectivity index (χ3v) is 3.18. The molecule has 0 aromatic heterocycles. The molecule has 0 spiro atoms. The third-order valence-electron chi connectivity index (χ3n) is 3.18. The van der Waals surface area contributed by atoms with Gasteiger partial charge in [0.25, 0.3) is 0 Å². The van der Waals surface area contributed by atoms with Crippen LogP contribution in [0.1, 0.15) is 51.4 Å². The topological polar surface area (TPSA) is 63.3 Å². The Bertz CT molecular complexity index is 182. The number of carboxylic acid groups (broad SMARTS) is 1. The SMILES string of the molecule is NC1CCCCC1CCCCC(=O)O. The third kappa shape index (κ3) is 4.09. The monoisotopic (exact) mass is 199 g/mol. The minimum absolute atomic E-state index is 0.307. The maximum absolute atomic E-state index is 10.3. The van der Waals surface area contributed by atoms with Crippen molar-refractivity contribution in [3.8, 4) is 0 Å². The van der Waals surface area contributed by atoms with E-state index in [1.807, 2.05) is 0 Å². The number of nitrogens with two attached hydrogens (primary N) is 1. The zero-order valence-corrected chi connectivity index (χ0v) is 8.74. The molecule has 1 aliphatic carbocycles. The van der Waals surface area contributed by atoms with Crippen LogP contribution in [0.2, 0.25) is 0 Å². The molecule has 1 saturated carbocycles. The van der Waals surface area contributed by atoms with Gasteiger partial charge in [0.2, 0.25) is 0 Å². The molecule has 1 rings (SSSR count). The van der Waals surface area contributed by atoms with Gasteiger partial charge in [0.1, 0.15) is 0 Å². The van der Waals surface area contributed by atoms with E-state index in [1.165, 1.54) is 19.3 Å². The highest BCUT2D eigenvalue weighted by Crippen LogP contribution is 2.27. The summed E-state index contributed by atoms with van der Waals surface area (Å²) in [6.07, 6.45) is 8.22. The lowest BCUT2D eigenvalue weighted by Crippen LogP contribution is -2.32. The summed E-state index contributed by atoms with van der Waals surface area (Å²) in [5, 5.41) is 8.48. The van der Waals surface area contributed by atoms with Gasteiger partial charge in [0, 0.05) is 12.5 Å². The first-order valence-corrected chi connectivity index (χ1v) is 5.67. The Morgan fingerprint density at radius 2 is 2.00 bits per heavy atom. The molecule has 0 aliphatic heterocycles. The Morgan fingerprint density at radius 1 is 1.29 bits per heavy atom. The summed E-state index contributed by atoms with van der Waals surface area (Å²) >= 11 is 0. The van der Waals surface area contributed by atoms with E-state index in [4.69, 9.17) is 10.8 Å². The van der Waals surface area contributed by atoms with Gasteiger partial charge in [0.15, 0.2) is 0 Å². The van der Waals surface area contributed by atoms with Crippen molar-refractivity contribution in [1.82, 2.24) is 0 Å². The van der Waals surface area contributed by atoms with E-state index in [9.17, 15) is 4.79 Å². The predicted octanol–water partition coefficient (Wildman–Crippen LogP) is 2.15. The second-order valence-electron chi connectivity index (χ2n) is 4.35. The molecule has 0 saturated heterocycles. The van der Waals surface area contributed by atoms with Gasteiger partial charge in [-0.1, -0.05) is 19.3 Å². The molecule has 1 aliphatic rings. The first-order chi connectivity index (χ1) is 6.70. The minimum atomic E-state index is -0.682. The Kier molecular flexibility index (Phi) is 4.94. The van der Waals surface area contributed by atoms with Crippen molar-refractivity contribution in [2.75, 3.05) is 0 Å². The number of unbranched alkanes of at least 4 members (excludes halogenated alkanes) is 1. The van der Waals surface area contributed by atoms with Crippen molar-refractivity contribution in [3.63, 3.8) is 0 Å². The van der Waals surface area contributed by atoms with Crippen LogP contribution in [0, 0.1) is 5.92 Å². The van der Waals surface area contributed by atoms with Crippen molar-refractivity contribution < 1.29 is 9.90 Å². The maximum atomic E-state index is 10.3. The molecule has 3 N–H and O–H groups in total. The average Bonchev–Trinajstić information content (AvgIpc) is 2.15. The summed E-state index contributed by atoms with van der Waals surface area (Å²) < 4.78 is 0. The molecule has 0 aromatic rings. The molecule has 0 heterocycles. The number of aliphatic carboxylic acids is 1. The normalized spacial score (nSPS) is 27.5. The van der Waals surface area contributed by atoms with E-state index in [1.54, 1.807) is 0 Å². The highest BCUT2D eigenvalue weighted by Gasteiger charge is 2.20. The number of hydrogen-bond acceptors (Lipinski definition) is 2. The van der Waals surface area contributed by atoms with Gasteiger partial charge in [-0.05, 0) is 31.6 Å². The van der Waals surface area contributed by atoms with E-state index in [2.05, 4.69) is 0 Å². The first kappa shape index (κ1) is 11.5. The van der Waals surface area contributed by atoms with Crippen LogP contribution in [-0.2, 0) is 4.79 Å². The Morgan fingerprint density at radius 3 is 2.64 bits per heavy atom. The number of carboxylic acids is 1. The molecule has 0 bridgehead atoms. The van der Waals surface area contributed by atoms with E-state index in [0.717, 1.165) is 25.7 Å². The van der Waals surface area contributed by atoms with E-state index in [0.29, 0.717) is 18.4 Å². The summed E-state index contributed by atoms with van der Waals surface area (Å²) in [6.45, 7) is 0. The first-order valence-electron chi connectivity index (χ1n) is 5.67. The highest BCUT2D eigenvalue weighted by molar-refractivity contribution is 5.66. The molecule has 3 nitrogen and oxygen atoms in total. The fourth-order valence-electron chi connectivity index (χ4n) is 2.28. The van der Waals surface area contributed by atoms with E-state index < -0.39 is 5.97 Å². The van der Waals surface area contributed by atoms with Crippen LogP contribution in [0.25, 0.3) is 0 Å². The van der Waals surface area contributed by atoms with Crippen LogP contribution in [0.5, 0.6) is 0 Å². The van der Waals surface area contributed by atoms with Gasteiger partial charge in [-0.25, -0.2) is 0 Å². The van der Waals surface area contributed by atoms with Gasteiger partial charge in [0.05, 0.1) is 0 Å². The number of rotatable bonds is 5. The Balaban J connectivity index is 2.07. The summed E-state index contributed by atoms with van der Waals surface area (Å²) in [5.74, 6) is -0.0320. The molecule has 0 aromatic carbocycles. The van der Waals surface area contributed by atoms with Crippen LogP contribution >= 0.6 is 0 Å². The molecule has 0 amide bonds. The number of carbonyl (C=O) groups is 1. The fraction of sp³-hybridized carbons (Fsp3) is 0.909. The molecule has 0 radical (unpaired) electrons. The van der Waals surface area contributed by atoms with Gasteiger partial charge in [-0.2, -0.15) is 0 Å². The molecule has 82 valence electrons. The molecular weight excluding hydrogens is 178 g/mol. The quantitative estimate of drug-likeness (QED) is 0.667. The summed E-state index contributed by atoms with van der Waals surface area (Å²) in [7, 11) is 0. The van der Waals surface area contributed by atoms with E-state index >= 15 is 0 Å². The molecule has 2 unspecified atom stereocenters. The summed E-state index contributed by atoms with van der Waals surface area (Å²) in [5.41, 5.74) is 6.00. The lowest BCUT2D eigenvalue weighted by Gasteiger charge is -2.28. The molecule has 14 heavy (non-hydrogen) atoms. The lowest BCUT2D eigenvalue weighted by atomic mass is 9.82. The molecule has 1 fully saturated rings. The Hall–Kier alpha value is -0.570. The smallest absolute Gasteiger partial charge is 0.303 e. The van der Waals surface area contributed by atoms with E-state index in [-0.39, 0.29) is 0 Å². The summed E-state index contributed by atoms with van der Waals surface area (Å²) in [6, 6.07) is 0.369. The molecular formula is C11H21NO2. The van der Waals surface area contributed by atoms with Crippen LogP contribution < -0.4 is 5.73 Å². The zero-order chi connectivity index (χ0) is 10.4. The molecule has 3 heteroatoms. The van der Waals surface area contributed by atoms with Gasteiger partial charge in [-0.3, -0.25) is 4.79 Å². The van der Waals surface area contributed by atoms with Crippen molar-refractivity contribution >= 4 is 5.97 Å². The van der Waals surface area contributed by atoms with Crippen LogP contribution in [0.3, 0.4) is 0 Å². The second-order valence-corrected chi connectivity index (χ2v) is 4.35. The van der Waals surface area contributed by atoms with Crippen LogP contribution in [0.4, 0.5) is 0 Å². The van der Waals surface area contributed by atoms with Gasteiger partial charge >= 0.3 is 5.97 Å². The minimum Gasteiger partial charge on any atom is -0.481 e. The van der Waals surface area contributed by atoms with Gasteiger partial charge in [-0.15, -0.1) is 0 Å². The summed E-state index contributed by atoms with van der Waals surface area (Å²) in [4.78, 5) is 10.3. The van der Waals surface area contributed by atoms with Gasteiger partial charge < -0.3 is 10.8 Å². The standard InChI is InChI=1S/C11H21NO2/c12-10-7-3-1-5-9(10)6-2-4-8-11(13)14/h9-10H,1-8,12H2,(H,13,14). The van der Waals surface area contributed by atoms with Crippen LogP contribution in [-0.4, -0.2) is 17.1 Å². The zero-order valence-electron chi connectivity index (χ0n) is 8.74. The van der Waals surface area contributed by atoms with Crippen molar-refractivity contribution in [2.24, 2.45) is 11.7 Å².